The van der Waals surface area contributed by atoms with Crippen molar-refractivity contribution < 1.29 is 32.3 Å². The number of alkyl halides is 3. The number of likely N-dealkylation sites (tertiary alicyclic amines) is 1. The molecule has 3 saturated carbocycles. The third-order valence-electron chi connectivity index (χ3n) is 8.71. The molecule has 0 aromatic rings. The van der Waals surface area contributed by atoms with E-state index < -0.39 is 47.6 Å². The van der Waals surface area contributed by atoms with Gasteiger partial charge in [-0.3, -0.25) is 28.9 Å². The first-order valence-corrected chi connectivity index (χ1v) is 13.0. The van der Waals surface area contributed by atoms with Gasteiger partial charge in [0.2, 0.25) is 11.8 Å². The summed E-state index contributed by atoms with van der Waals surface area (Å²) in [7, 11) is 1.38. The summed E-state index contributed by atoms with van der Waals surface area (Å²) in [6.45, 7) is 7.78. The Morgan fingerprint density at radius 3 is 2.32 bits per heavy atom. The van der Waals surface area contributed by atoms with E-state index in [0.717, 1.165) is 43.4 Å². The van der Waals surface area contributed by atoms with Gasteiger partial charge in [-0.25, -0.2) is 6.57 Å². The van der Waals surface area contributed by atoms with E-state index in [1.165, 1.54) is 11.9 Å². The Kier molecular flexibility index (Phi) is 6.19. The summed E-state index contributed by atoms with van der Waals surface area (Å²) in [6, 6.07) is -2.37. The summed E-state index contributed by atoms with van der Waals surface area (Å²) in [5, 5.41) is 4.89. The summed E-state index contributed by atoms with van der Waals surface area (Å²) in [4.78, 5) is 58.1. The topological polar surface area (TPSA) is 103 Å². The van der Waals surface area contributed by atoms with Crippen molar-refractivity contribution in [2.24, 2.45) is 17.3 Å². The molecule has 5 rings (SSSR count). The van der Waals surface area contributed by atoms with Crippen LogP contribution in [-0.4, -0.2) is 77.0 Å². The number of rotatable bonds is 8. The van der Waals surface area contributed by atoms with E-state index in [1.807, 2.05) is 5.32 Å². The van der Waals surface area contributed by atoms with Crippen LogP contribution in [0.25, 0.3) is 4.85 Å². The molecule has 4 amide bonds. The number of hydrogen-bond donors (Lipinski definition) is 2. The highest BCUT2D eigenvalue weighted by molar-refractivity contribution is 5.94. The van der Waals surface area contributed by atoms with E-state index >= 15 is 0 Å². The first kappa shape index (κ1) is 25.8. The van der Waals surface area contributed by atoms with Gasteiger partial charge in [0.15, 0.2) is 0 Å². The molecule has 2 heterocycles. The Hall–Kier alpha value is -2.84. The smallest absolute Gasteiger partial charge is 0.350 e. The van der Waals surface area contributed by atoms with Crippen molar-refractivity contribution in [3.63, 3.8) is 0 Å². The lowest BCUT2D eigenvalue weighted by Gasteiger charge is -2.33. The Balaban J connectivity index is 1.35. The van der Waals surface area contributed by atoms with E-state index in [4.69, 9.17) is 6.57 Å². The lowest BCUT2D eigenvalue weighted by atomic mass is 9.82. The van der Waals surface area contributed by atoms with Crippen LogP contribution in [0.2, 0.25) is 0 Å². The van der Waals surface area contributed by atoms with Gasteiger partial charge in [-0.05, 0) is 43.9 Å². The molecule has 4 atom stereocenters. The lowest BCUT2D eigenvalue weighted by Crippen LogP contribution is -2.57. The van der Waals surface area contributed by atoms with Crippen LogP contribution in [0.1, 0.15) is 64.2 Å². The molecule has 5 aliphatic rings. The minimum Gasteiger partial charge on any atom is -0.350 e. The Morgan fingerprint density at radius 2 is 1.81 bits per heavy atom. The minimum absolute atomic E-state index is 0.0500. The Morgan fingerprint density at radius 1 is 1.19 bits per heavy atom. The maximum Gasteiger partial charge on any atom is 0.471 e. The second-order valence-electron chi connectivity index (χ2n) is 11.8. The molecule has 0 unspecified atom stereocenters. The first-order chi connectivity index (χ1) is 17.4. The Bertz CT molecular complexity index is 1050. The van der Waals surface area contributed by atoms with Gasteiger partial charge >= 0.3 is 18.2 Å². The molecule has 202 valence electrons. The number of nitrogens with zero attached hydrogens (tertiary/aromatic N) is 3. The van der Waals surface area contributed by atoms with Crippen LogP contribution in [0, 0.1) is 23.8 Å². The monoisotopic (exact) mass is 523 g/mol. The van der Waals surface area contributed by atoms with Gasteiger partial charge in [0, 0.05) is 19.1 Å². The highest BCUT2D eigenvalue weighted by atomic mass is 19.4. The predicted octanol–water partition coefficient (Wildman–Crippen LogP) is 1.98. The number of carbonyl (C=O) groups is 4. The molecule has 5 fully saturated rings. The SMILES string of the molecule is [C-]#[N+][C@@H]1C[C@]2(CN1C(=O)[C@H](CC1CC1)N(C)C(=O)[C@H](CC1CC1)NC(=O)C(F)(F)F)CC1(CC1)NC2=O. The fourth-order valence-electron chi connectivity index (χ4n) is 6.02. The predicted molar refractivity (Wildman–Crippen MR) is 123 cm³/mol. The first-order valence-electron chi connectivity index (χ1n) is 13.0. The molecule has 0 aromatic heterocycles. The van der Waals surface area contributed by atoms with Gasteiger partial charge in [0.05, 0.1) is 11.8 Å². The largest absolute Gasteiger partial charge is 0.471 e. The van der Waals surface area contributed by atoms with Crippen LogP contribution < -0.4 is 10.6 Å². The second kappa shape index (κ2) is 8.88. The highest BCUT2D eigenvalue weighted by Crippen LogP contribution is 2.55. The molecule has 2 spiro atoms. The third-order valence-corrected chi connectivity index (χ3v) is 8.71. The van der Waals surface area contributed by atoms with Gasteiger partial charge in [0.25, 0.3) is 5.91 Å². The number of amides is 4. The standard InChI is InChI=1S/C25H32F3N5O4/c1-29-18-11-23(12-24(7-8-24)31-21(23)36)13-33(18)20(35)17(10-15-5-6-15)32(2)19(34)16(9-14-3-4-14)30-22(37)25(26,27)28/h14-18H,3-13H2,2H3,(H,30,37)(H,31,36)/t16-,17-,18-,23+/m0/s1. The van der Waals surface area contributed by atoms with Gasteiger partial charge in [-0.1, -0.05) is 25.7 Å². The number of halogens is 3. The third kappa shape index (κ3) is 5.14. The van der Waals surface area contributed by atoms with Crippen molar-refractivity contribution in [2.75, 3.05) is 13.6 Å². The molecular weight excluding hydrogens is 491 g/mol. The van der Waals surface area contributed by atoms with E-state index in [-0.39, 0.29) is 42.7 Å². The van der Waals surface area contributed by atoms with Crippen LogP contribution in [0.15, 0.2) is 0 Å². The van der Waals surface area contributed by atoms with Gasteiger partial charge in [-0.2, -0.15) is 13.2 Å². The van der Waals surface area contributed by atoms with Gasteiger partial charge in [-0.15, -0.1) is 0 Å². The van der Waals surface area contributed by atoms with E-state index in [0.29, 0.717) is 12.8 Å². The molecular formula is C25H32F3N5O4. The van der Waals surface area contributed by atoms with Crippen LogP contribution in [0.3, 0.4) is 0 Å². The molecule has 12 heteroatoms. The van der Waals surface area contributed by atoms with Gasteiger partial charge < -0.3 is 15.5 Å². The van der Waals surface area contributed by atoms with Crippen LogP contribution in [0.5, 0.6) is 0 Å². The Labute approximate surface area is 213 Å². The van der Waals surface area contributed by atoms with Crippen molar-refractivity contribution in [1.82, 2.24) is 20.4 Å². The lowest BCUT2D eigenvalue weighted by molar-refractivity contribution is -0.175. The van der Waals surface area contributed by atoms with Crippen molar-refractivity contribution in [3.8, 4) is 0 Å². The molecule has 37 heavy (non-hydrogen) atoms. The average Bonchev–Trinajstić information content (AvgIpc) is 3.74. The molecule has 0 aromatic carbocycles. The minimum atomic E-state index is -5.13. The van der Waals surface area contributed by atoms with E-state index in [2.05, 4.69) is 10.2 Å². The van der Waals surface area contributed by atoms with Crippen molar-refractivity contribution >= 4 is 23.6 Å². The summed E-state index contributed by atoms with van der Waals surface area (Å²) >= 11 is 0. The number of hydrogen-bond acceptors (Lipinski definition) is 4. The quantitative estimate of drug-likeness (QED) is 0.475. The summed E-state index contributed by atoms with van der Waals surface area (Å²) < 4.78 is 38.9. The second-order valence-corrected chi connectivity index (χ2v) is 11.8. The number of carbonyl (C=O) groups excluding carboxylic acids is 4. The summed E-state index contributed by atoms with van der Waals surface area (Å²) in [6.07, 6.45) is 0.296. The zero-order valence-corrected chi connectivity index (χ0v) is 20.8. The fourth-order valence-corrected chi connectivity index (χ4v) is 6.02. The van der Waals surface area contributed by atoms with Crippen molar-refractivity contribution in [1.29, 1.82) is 0 Å². The molecule has 2 N–H and O–H groups in total. The molecule has 0 radical (unpaired) electrons. The average molecular weight is 524 g/mol. The fraction of sp³-hybridized carbons (Fsp3) is 0.800. The van der Waals surface area contributed by atoms with Gasteiger partial charge in [0.1, 0.15) is 12.1 Å². The van der Waals surface area contributed by atoms with Crippen molar-refractivity contribution in [2.45, 2.75) is 94.2 Å². The van der Waals surface area contributed by atoms with Crippen LogP contribution in [-0.2, 0) is 19.2 Å². The molecule has 2 saturated heterocycles. The summed E-state index contributed by atoms with van der Waals surface area (Å²) in [5.41, 5.74) is -1.06. The number of likely N-dealkylation sites (N-methyl/N-ethyl adjacent to an activating group) is 1. The maximum absolute atomic E-state index is 13.9. The normalized spacial score (nSPS) is 29.5. The van der Waals surface area contributed by atoms with Crippen LogP contribution in [0.4, 0.5) is 13.2 Å². The molecule has 9 nitrogen and oxygen atoms in total. The highest BCUT2D eigenvalue weighted by Gasteiger charge is 2.65. The van der Waals surface area contributed by atoms with E-state index in [1.54, 1.807) is 0 Å². The molecule has 3 aliphatic carbocycles. The molecule has 0 bridgehead atoms. The van der Waals surface area contributed by atoms with E-state index in [9.17, 15) is 32.3 Å². The zero-order valence-electron chi connectivity index (χ0n) is 20.8. The van der Waals surface area contributed by atoms with Crippen molar-refractivity contribution in [3.05, 3.63) is 11.4 Å². The zero-order chi connectivity index (χ0) is 26.8. The van der Waals surface area contributed by atoms with Crippen LogP contribution >= 0.6 is 0 Å². The molecule has 2 aliphatic heterocycles. The maximum atomic E-state index is 13.9. The summed E-state index contributed by atoms with van der Waals surface area (Å²) in [5.74, 6) is -3.28. The number of nitrogens with one attached hydrogen (secondary N) is 2.